The van der Waals surface area contributed by atoms with Crippen LogP contribution in [-0.2, 0) is 11.2 Å². The molecule has 29 heavy (non-hydrogen) atoms. The Morgan fingerprint density at radius 2 is 2.07 bits per heavy atom. The van der Waals surface area contributed by atoms with Gasteiger partial charge >= 0.3 is 12.0 Å². The fraction of sp³-hybridized carbons (Fsp3) is 0.545. The van der Waals surface area contributed by atoms with E-state index in [-0.39, 0.29) is 18.0 Å². The van der Waals surface area contributed by atoms with Crippen molar-refractivity contribution < 1.29 is 14.3 Å². The molecule has 2 heterocycles. The van der Waals surface area contributed by atoms with Crippen LogP contribution in [0.2, 0.25) is 0 Å². The summed E-state index contributed by atoms with van der Waals surface area (Å²) in [4.78, 5) is 32.3. The second-order valence-corrected chi connectivity index (χ2v) is 8.11. The van der Waals surface area contributed by atoms with E-state index in [1.54, 1.807) is 0 Å². The van der Waals surface area contributed by atoms with Crippen LogP contribution in [0.15, 0.2) is 18.2 Å². The highest BCUT2D eigenvalue weighted by molar-refractivity contribution is 6.00. The van der Waals surface area contributed by atoms with Gasteiger partial charge in [0.1, 0.15) is 5.69 Å². The van der Waals surface area contributed by atoms with E-state index in [2.05, 4.69) is 28.3 Å². The number of fused-ring (bicyclic) bond motifs is 2. The molecule has 156 valence electrons. The number of methoxy groups -OCH3 is 1. The standard InChI is InChI=1S/C22H30N4O3/c1-5-26(6-2)22(28)23-13-10-15-14-8-7-9-17-19(14)16(11-18(15)25(3)12-13)20(24-17)21(27)29-4/h7-9,13,15,18,24H,5-6,10-12H2,1-4H3,(H,23,28)/t13-,15+,18+/m0/s1. The van der Waals surface area contributed by atoms with Gasteiger partial charge in [0.05, 0.1) is 7.11 Å². The van der Waals surface area contributed by atoms with Gasteiger partial charge in [0.25, 0.3) is 0 Å². The Kier molecular flexibility index (Phi) is 5.25. The lowest BCUT2D eigenvalue weighted by Gasteiger charge is -2.46. The highest BCUT2D eigenvalue weighted by Gasteiger charge is 2.41. The monoisotopic (exact) mass is 398 g/mol. The molecule has 0 saturated carbocycles. The van der Waals surface area contributed by atoms with Crippen LogP contribution < -0.4 is 5.32 Å². The predicted octanol–water partition coefficient (Wildman–Crippen LogP) is 2.72. The summed E-state index contributed by atoms with van der Waals surface area (Å²) in [5, 5.41) is 4.39. The third-order valence-electron chi connectivity index (χ3n) is 6.62. The third kappa shape index (κ3) is 3.27. The van der Waals surface area contributed by atoms with Gasteiger partial charge in [0, 0.05) is 48.5 Å². The van der Waals surface area contributed by atoms with Gasteiger partial charge in [-0.3, -0.25) is 0 Å². The Hall–Kier alpha value is -2.54. The first kappa shape index (κ1) is 19.8. The smallest absolute Gasteiger partial charge is 0.354 e. The second-order valence-electron chi connectivity index (χ2n) is 8.11. The van der Waals surface area contributed by atoms with Crippen molar-refractivity contribution in [3.05, 3.63) is 35.0 Å². The van der Waals surface area contributed by atoms with Crippen LogP contribution in [0.3, 0.4) is 0 Å². The molecule has 4 rings (SSSR count). The van der Waals surface area contributed by atoms with Crippen molar-refractivity contribution >= 4 is 22.9 Å². The Balaban J connectivity index is 1.67. The van der Waals surface area contributed by atoms with E-state index in [1.807, 2.05) is 30.9 Å². The molecule has 1 aromatic carbocycles. The summed E-state index contributed by atoms with van der Waals surface area (Å²) in [6.07, 6.45) is 1.71. The van der Waals surface area contributed by atoms with Gasteiger partial charge in [-0.15, -0.1) is 0 Å². The molecular formula is C22H30N4O3. The molecule has 0 spiro atoms. The summed E-state index contributed by atoms with van der Waals surface area (Å²) >= 11 is 0. The molecule has 1 saturated heterocycles. The van der Waals surface area contributed by atoms with Crippen molar-refractivity contribution in [2.45, 2.75) is 44.7 Å². The fourth-order valence-corrected chi connectivity index (χ4v) is 5.19. The molecule has 1 aromatic heterocycles. The number of esters is 1. The van der Waals surface area contributed by atoms with Gasteiger partial charge in [-0.25, -0.2) is 9.59 Å². The Morgan fingerprint density at radius 3 is 2.76 bits per heavy atom. The molecule has 3 atom stereocenters. The molecule has 0 unspecified atom stereocenters. The van der Waals surface area contributed by atoms with Gasteiger partial charge in [-0.1, -0.05) is 12.1 Å². The quantitative estimate of drug-likeness (QED) is 0.777. The summed E-state index contributed by atoms with van der Waals surface area (Å²) < 4.78 is 5.00. The van der Waals surface area contributed by atoms with E-state index in [0.29, 0.717) is 30.7 Å². The first-order valence-corrected chi connectivity index (χ1v) is 10.5. The Labute approximate surface area is 171 Å². The van der Waals surface area contributed by atoms with E-state index < -0.39 is 0 Å². The number of hydrogen-bond acceptors (Lipinski definition) is 4. The molecule has 0 radical (unpaired) electrons. The number of nitrogens with one attached hydrogen (secondary N) is 2. The number of urea groups is 1. The number of carbonyl (C=O) groups is 2. The average Bonchev–Trinajstić information content (AvgIpc) is 3.09. The maximum Gasteiger partial charge on any atom is 0.354 e. The predicted molar refractivity (Wildman–Crippen MR) is 112 cm³/mol. The molecule has 7 heteroatoms. The number of likely N-dealkylation sites (N-methyl/N-ethyl adjacent to an activating group) is 1. The molecule has 1 fully saturated rings. The van der Waals surface area contributed by atoms with Gasteiger partial charge < -0.3 is 24.8 Å². The number of aromatic amines is 1. The van der Waals surface area contributed by atoms with Crippen molar-refractivity contribution in [3.8, 4) is 0 Å². The van der Waals surface area contributed by atoms with E-state index >= 15 is 0 Å². The zero-order valence-electron chi connectivity index (χ0n) is 17.6. The zero-order chi connectivity index (χ0) is 20.7. The van der Waals surface area contributed by atoms with Crippen LogP contribution in [0, 0.1) is 0 Å². The first-order chi connectivity index (χ1) is 14.0. The molecule has 2 amide bonds. The molecular weight excluding hydrogens is 368 g/mol. The minimum atomic E-state index is -0.316. The lowest BCUT2D eigenvalue weighted by Crippen LogP contribution is -2.56. The average molecular weight is 399 g/mol. The number of hydrogen-bond donors (Lipinski definition) is 2. The van der Waals surface area contributed by atoms with Crippen LogP contribution in [0.1, 0.15) is 47.8 Å². The number of likely N-dealkylation sites (tertiary alicyclic amines) is 1. The number of ether oxygens (including phenoxy) is 1. The SMILES string of the molecule is CCN(CC)C(=O)N[C@H]1C[C@@H]2c3cccc4[nH]c(C(=O)OC)c(c34)C[C@H]2N(C)C1. The van der Waals surface area contributed by atoms with Crippen molar-refractivity contribution in [2.75, 3.05) is 33.8 Å². The number of benzene rings is 1. The number of aromatic nitrogens is 1. The molecule has 7 nitrogen and oxygen atoms in total. The molecule has 2 aromatic rings. The van der Waals surface area contributed by atoms with Crippen molar-refractivity contribution in [3.63, 3.8) is 0 Å². The van der Waals surface area contributed by atoms with Crippen LogP contribution in [0.4, 0.5) is 4.79 Å². The topological polar surface area (TPSA) is 77.7 Å². The summed E-state index contributed by atoms with van der Waals surface area (Å²) in [6, 6.07) is 6.64. The molecule has 1 aliphatic heterocycles. The van der Waals surface area contributed by atoms with Crippen LogP contribution >= 0.6 is 0 Å². The minimum absolute atomic E-state index is 0.0104. The van der Waals surface area contributed by atoms with Gasteiger partial charge in [0.15, 0.2) is 0 Å². The van der Waals surface area contributed by atoms with Crippen LogP contribution in [0.25, 0.3) is 10.9 Å². The normalized spacial score (nSPS) is 23.5. The number of rotatable bonds is 4. The second kappa shape index (κ2) is 7.71. The summed E-state index contributed by atoms with van der Waals surface area (Å²) in [6.45, 7) is 6.22. The number of piperidine rings is 1. The lowest BCUT2D eigenvalue weighted by molar-refractivity contribution is 0.0592. The zero-order valence-corrected chi connectivity index (χ0v) is 17.6. The molecule has 0 bridgehead atoms. The van der Waals surface area contributed by atoms with E-state index in [0.717, 1.165) is 35.9 Å². The fourth-order valence-electron chi connectivity index (χ4n) is 5.19. The first-order valence-electron chi connectivity index (χ1n) is 10.5. The lowest BCUT2D eigenvalue weighted by atomic mass is 9.73. The largest absolute Gasteiger partial charge is 0.464 e. The highest BCUT2D eigenvalue weighted by Crippen LogP contribution is 2.44. The third-order valence-corrected chi connectivity index (χ3v) is 6.62. The maximum atomic E-state index is 12.6. The minimum Gasteiger partial charge on any atom is -0.464 e. The van der Waals surface area contributed by atoms with Crippen molar-refractivity contribution in [2.24, 2.45) is 0 Å². The number of nitrogens with zero attached hydrogens (tertiary/aromatic N) is 2. The van der Waals surface area contributed by atoms with Crippen molar-refractivity contribution in [1.82, 2.24) is 20.1 Å². The van der Waals surface area contributed by atoms with Crippen LogP contribution in [-0.4, -0.2) is 72.7 Å². The Bertz CT molecular complexity index is 934. The summed E-state index contributed by atoms with van der Waals surface area (Å²) in [5.74, 6) is -0.00308. The maximum absolute atomic E-state index is 12.6. The summed E-state index contributed by atoms with van der Waals surface area (Å²) in [7, 11) is 3.53. The number of amides is 2. The van der Waals surface area contributed by atoms with Gasteiger partial charge in [-0.2, -0.15) is 0 Å². The molecule has 2 aliphatic rings. The Morgan fingerprint density at radius 1 is 1.31 bits per heavy atom. The summed E-state index contributed by atoms with van der Waals surface area (Å²) in [5.41, 5.74) is 3.86. The molecule has 2 N–H and O–H groups in total. The van der Waals surface area contributed by atoms with Crippen molar-refractivity contribution in [1.29, 1.82) is 0 Å². The highest BCUT2D eigenvalue weighted by atomic mass is 16.5. The number of carbonyl (C=O) groups excluding carboxylic acids is 2. The van der Waals surface area contributed by atoms with E-state index in [4.69, 9.17) is 4.74 Å². The van der Waals surface area contributed by atoms with E-state index in [9.17, 15) is 9.59 Å². The van der Waals surface area contributed by atoms with Gasteiger partial charge in [0.2, 0.25) is 0 Å². The van der Waals surface area contributed by atoms with Crippen LogP contribution in [0.5, 0.6) is 0 Å². The molecule has 1 aliphatic carbocycles. The van der Waals surface area contributed by atoms with E-state index in [1.165, 1.54) is 12.7 Å². The van der Waals surface area contributed by atoms with Gasteiger partial charge in [-0.05, 0) is 50.9 Å². The number of H-pyrrole nitrogens is 1.